The van der Waals surface area contributed by atoms with E-state index in [0.29, 0.717) is 22.6 Å². The van der Waals surface area contributed by atoms with Gasteiger partial charge in [-0.15, -0.1) is 0 Å². The minimum absolute atomic E-state index is 0.0911. The molecule has 0 saturated heterocycles. The van der Waals surface area contributed by atoms with Gasteiger partial charge in [-0.05, 0) is 47.5 Å². The Morgan fingerprint density at radius 2 is 1.53 bits per heavy atom. The Hall–Kier alpha value is -4.52. The van der Waals surface area contributed by atoms with Crippen molar-refractivity contribution in [3.8, 4) is 5.75 Å². The quantitative estimate of drug-likeness (QED) is 0.355. The van der Waals surface area contributed by atoms with E-state index in [9.17, 15) is 14.0 Å². The second kappa shape index (κ2) is 12.3. The molecule has 0 unspecified atom stereocenters. The van der Waals surface area contributed by atoms with Crippen LogP contribution in [0.15, 0.2) is 109 Å². The number of amides is 2. The van der Waals surface area contributed by atoms with E-state index < -0.39 is 6.04 Å². The highest BCUT2D eigenvalue weighted by molar-refractivity contribution is 5.89. The molecule has 6 nitrogen and oxygen atoms in total. The number of hydrogen-bond acceptors (Lipinski definition) is 4. The van der Waals surface area contributed by atoms with Gasteiger partial charge >= 0.3 is 0 Å². The molecule has 0 aliphatic rings. The summed E-state index contributed by atoms with van der Waals surface area (Å²) < 4.78 is 19.2. The lowest BCUT2D eigenvalue weighted by atomic mass is 10.0. The van der Waals surface area contributed by atoms with Gasteiger partial charge in [0.15, 0.2) is 6.61 Å². The Bertz CT molecular complexity index is 1250. The zero-order chi connectivity index (χ0) is 25.2. The lowest BCUT2D eigenvalue weighted by Crippen LogP contribution is -2.45. The van der Waals surface area contributed by atoms with Gasteiger partial charge in [0.25, 0.3) is 5.91 Å². The normalized spacial score (nSPS) is 11.4. The Morgan fingerprint density at radius 1 is 0.861 bits per heavy atom. The van der Waals surface area contributed by atoms with Crippen molar-refractivity contribution in [2.45, 2.75) is 19.1 Å². The lowest BCUT2D eigenvalue weighted by Gasteiger charge is -2.31. The number of carbonyl (C=O) groups excluding carboxylic acids is 2. The molecule has 0 radical (unpaired) electrons. The molecule has 0 saturated carbocycles. The molecule has 0 bridgehead atoms. The number of nitrogens with zero attached hydrogens (tertiary/aromatic N) is 2. The maximum atomic E-state index is 13.5. The Balaban J connectivity index is 1.62. The molecule has 1 N–H and O–H groups in total. The minimum Gasteiger partial charge on any atom is -0.484 e. The minimum atomic E-state index is -0.938. The van der Waals surface area contributed by atoms with E-state index in [-0.39, 0.29) is 37.3 Å². The van der Waals surface area contributed by atoms with Crippen molar-refractivity contribution >= 4 is 11.8 Å². The molecule has 0 fully saturated rings. The fraction of sp³-hybridized carbons (Fsp3) is 0.138. The number of halogens is 1. The highest BCUT2D eigenvalue weighted by Gasteiger charge is 2.31. The number of carbonyl (C=O) groups is 2. The standard InChI is InChI=1S/C29H26FN3O3/c30-24-16-14-22(15-17-24)20-33(27(34)21-36-26-12-5-2-6-13-26)28(23-9-3-1-4-10-23)29(35)32-19-25-11-7-8-18-31-25/h1-18,28H,19-21H2,(H,32,35)/t28-/m0/s1. The number of pyridine rings is 1. The number of hydrogen-bond donors (Lipinski definition) is 1. The summed E-state index contributed by atoms with van der Waals surface area (Å²) in [6.45, 7) is 0.0397. The zero-order valence-corrected chi connectivity index (χ0v) is 19.6. The van der Waals surface area contributed by atoms with Crippen LogP contribution in [0.1, 0.15) is 22.9 Å². The highest BCUT2D eigenvalue weighted by atomic mass is 19.1. The Morgan fingerprint density at radius 3 is 2.19 bits per heavy atom. The average Bonchev–Trinajstić information content (AvgIpc) is 2.93. The third-order valence-corrected chi connectivity index (χ3v) is 5.54. The van der Waals surface area contributed by atoms with Crippen LogP contribution < -0.4 is 10.1 Å². The van der Waals surface area contributed by atoms with Crippen molar-refractivity contribution in [3.63, 3.8) is 0 Å². The maximum absolute atomic E-state index is 13.5. The van der Waals surface area contributed by atoms with Gasteiger partial charge in [-0.2, -0.15) is 0 Å². The maximum Gasteiger partial charge on any atom is 0.261 e. The molecule has 0 spiro atoms. The van der Waals surface area contributed by atoms with Gasteiger partial charge in [-0.1, -0.05) is 66.7 Å². The summed E-state index contributed by atoms with van der Waals surface area (Å²) >= 11 is 0. The van der Waals surface area contributed by atoms with Crippen LogP contribution in [0.3, 0.4) is 0 Å². The topological polar surface area (TPSA) is 71.5 Å². The van der Waals surface area contributed by atoms with E-state index in [0.717, 1.165) is 0 Å². The second-order valence-electron chi connectivity index (χ2n) is 8.10. The summed E-state index contributed by atoms with van der Waals surface area (Å²) in [5.74, 6) is -0.577. The van der Waals surface area contributed by atoms with E-state index in [1.54, 1.807) is 48.7 Å². The van der Waals surface area contributed by atoms with E-state index in [1.807, 2.05) is 48.5 Å². The van der Waals surface area contributed by atoms with Gasteiger partial charge in [0.2, 0.25) is 5.91 Å². The molecule has 1 aromatic heterocycles. The molecule has 3 aromatic carbocycles. The van der Waals surface area contributed by atoms with Crippen molar-refractivity contribution in [1.29, 1.82) is 0 Å². The van der Waals surface area contributed by atoms with Crippen LogP contribution in [-0.4, -0.2) is 28.3 Å². The van der Waals surface area contributed by atoms with Crippen LogP contribution in [0.25, 0.3) is 0 Å². The molecule has 4 rings (SSSR count). The number of para-hydroxylation sites is 1. The molecular weight excluding hydrogens is 457 g/mol. The van der Waals surface area contributed by atoms with Crippen LogP contribution in [0, 0.1) is 5.82 Å². The van der Waals surface area contributed by atoms with E-state index in [4.69, 9.17) is 4.74 Å². The van der Waals surface area contributed by atoms with Gasteiger partial charge in [0.1, 0.15) is 17.6 Å². The van der Waals surface area contributed by atoms with Crippen LogP contribution >= 0.6 is 0 Å². The first-order valence-corrected chi connectivity index (χ1v) is 11.5. The fourth-order valence-electron chi connectivity index (χ4n) is 3.74. The number of benzene rings is 3. The molecule has 7 heteroatoms. The van der Waals surface area contributed by atoms with Crippen molar-refractivity contribution in [2.24, 2.45) is 0 Å². The second-order valence-corrected chi connectivity index (χ2v) is 8.10. The molecule has 4 aromatic rings. The van der Waals surface area contributed by atoms with E-state index in [2.05, 4.69) is 10.3 Å². The smallest absolute Gasteiger partial charge is 0.261 e. The highest BCUT2D eigenvalue weighted by Crippen LogP contribution is 2.24. The van der Waals surface area contributed by atoms with Crippen molar-refractivity contribution < 1.29 is 18.7 Å². The largest absolute Gasteiger partial charge is 0.484 e. The van der Waals surface area contributed by atoms with Gasteiger partial charge in [0.05, 0.1) is 12.2 Å². The first kappa shape index (κ1) is 24.6. The predicted octanol–water partition coefficient (Wildman–Crippen LogP) is 4.69. The fourth-order valence-corrected chi connectivity index (χ4v) is 3.74. The molecule has 2 amide bonds. The van der Waals surface area contributed by atoms with Crippen LogP contribution in [0.4, 0.5) is 4.39 Å². The van der Waals surface area contributed by atoms with Gasteiger partial charge in [-0.3, -0.25) is 14.6 Å². The van der Waals surface area contributed by atoms with E-state index >= 15 is 0 Å². The van der Waals surface area contributed by atoms with Crippen molar-refractivity contribution in [2.75, 3.05) is 6.61 Å². The van der Waals surface area contributed by atoms with Gasteiger partial charge in [0, 0.05) is 12.7 Å². The first-order chi connectivity index (χ1) is 17.6. The molecule has 1 atom stereocenters. The summed E-state index contributed by atoms with van der Waals surface area (Å²) in [5, 5.41) is 2.91. The van der Waals surface area contributed by atoms with Crippen LogP contribution in [0.5, 0.6) is 5.75 Å². The summed E-state index contributed by atoms with van der Waals surface area (Å²) in [6, 6.07) is 28.4. The van der Waals surface area contributed by atoms with Crippen molar-refractivity contribution in [3.05, 3.63) is 132 Å². The van der Waals surface area contributed by atoms with Crippen LogP contribution in [-0.2, 0) is 22.7 Å². The molecule has 36 heavy (non-hydrogen) atoms. The lowest BCUT2D eigenvalue weighted by molar-refractivity contribution is -0.143. The van der Waals surface area contributed by atoms with Crippen LogP contribution in [0.2, 0.25) is 0 Å². The van der Waals surface area contributed by atoms with E-state index in [1.165, 1.54) is 17.0 Å². The summed E-state index contributed by atoms with van der Waals surface area (Å²) in [5.41, 5.74) is 2.02. The number of rotatable bonds is 10. The third-order valence-electron chi connectivity index (χ3n) is 5.54. The Kier molecular flexibility index (Phi) is 8.38. The number of aromatic nitrogens is 1. The molecule has 0 aliphatic carbocycles. The summed E-state index contributed by atoms with van der Waals surface area (Å²) in [7, 11) is 0. The molecule has 182 valence electrons. The molecular formula is C29H26FN3O3. The van der Waals surface area contributed by atoms with Gasteiger partial charge in [-0.25, -0.2) is 4.39 Å². The number of ether oxygens (including phenoxy) is 1. The van der Waals surface area contributed by atoms with Crippen molar-refractivity contribution in [1.82, 2.24) is 15.2 Å². The SMILES string of the molecule is O=C(NCc1ccccn1)[C@H](c1ccccc1)N(Cc1ccc(F)cc1)C(=O)COc1ccccc1. The zero-order valence-electron chi connectivity index (χ0n) is 19.6. The average molecular weight is 484 g/mol. The molecule has 0 aliphatic heterocycles. The number of nitrogens with one attached hydrogen (secondary N) is 1. The first-order valence-electron chi connectivity index (χ1n) is 11.5. The monoisotopic (exact) mass is 483 g/mol. The Labute approximate surface area is 209 Å². The molecule has 1 heterocycles. The van der Waals surface area contributed by atoms with Gasteiger partial charge < -0.3 is 15.0 Å². The third kappa shape index (κ3) is 6.76. The predicted molar refractivity (Wildman–Crippen MR) is 134 cm³/mol. The summed E-state index contributed by atoms with van der Waals surface area (Å²) in [6.07, 6.45) is 1.65. The summed E-state index contributed by atoms with van der Waals surface area (Å²) in [4.78, 5) is 32.8.